The molecule has 0 spiro atoms. The minimum Gasteiger partial charge on any atom is -0.357 e. The van der Waals surface area contributed by atoms with E-state index in [1.165, 1.54) is 24.3 Å². The number of nitrogens with one attached hydrogen (secondary N) is 3. The number of halogens is 3. The van der Waals surface area contributed by atoms with E-state index in [2.05, 4.69) is 25.9 Å². The molecule has 2 aromatic rings. The van der Waals surface area contributed by atoms with Crippen molar-refractivity contribution >= 4 is 41.7 Å². The highest BCUT2D eigenvalue weighted by atomic mass is 127. The number of nitrogens with zero attached hydrogens (tertiary/aromatic N) is 3. The lowest BCUT2D eigenvalue weighted by atomic mass is 10.2. The van der Waals surface area contributed by atoms with Crippen LogP contribution in [0, 0.1) is 11.6 Å². The van der Waals surface area contributed by atoms with Crippen molar-refractivity contribution in [3.8, 4) is 0 Å². The Hall–Kier alpha value is -2.50. The molecular weight excluding hydrogens is 517 g/mol. The minimum atomic E-state index is -0.552. The Kier molecular flexibility index (Phi) is 9.89. The third-order valence-corrected chi connectivity index (χ3v) is 4.70. The van der Waals surface area contributed by atoms with Gasteiger partial charge in [-0.3, -0.25) is 9.79 Å². The van der Waals surface area contributed by atoms with Crippen LogP contribution in [0.3, 0.4) is 0 Å². The summed E-state index contributed by atoms with van der Waals surface area (Å²) >= 11 is 0. The zero-order chi connectivity index (χ0) is 21.3. The normalized spacial score (nSPS) is 15.9. The number of guanidine groups is 1. The van der Waals surface area contributed by atoms with Crippen LogP contribution in [-0.4, -0.2) is 55.6 Å². The Balaban J connectivity index is 0.00000341. The summed E-state index contributed by atoms with van der Waals surface area (Å²) in [6.07, 6.45) is 2.41. The molecule has 0 aliphatic carbocycles. The zero-order valence-corrected chi connectivity index (χ0v) is 19.6. The van der Waals surface area contributed by atoms with Gasteiger partial charge in [0.2, 0.25) is 0 Å². The predicted molar refractivity (Wildman–Crippen MR) is 128 cm³/mol. The van der Waals surface area contributed by atoms with Crippen LogP contribution in [0.2, 0.25) is 0 Å². The molecule has 3 rings (SSSR count). The van der Waals surface area contributed by atoms with Gasteiger partial charge in [-0.25, -0.2) is 13.8 Å². The summed E-state index contributed by atoms with van der Waals surface area (Å²) in [5, 5.41) is 9.17. The van der Waals surface area contributed by atoms with Gasteiger partial charge in [0.25, 0.3) is 5.91 Å². The third-order valence-electron chi connectivity index (χ3n) is 4.70. The molecule has 7 nitrogen and oxygen atoms in total. The van der Waals surface area contributed by atoms with Crippen molar-refractivity contribution in [2.45, 2.75) is 19.4 Å². The number of benzene rings is 1. The van der Waals surface area contributed by atoms with E-state index in [-0.39, 0.29) is 47.9 Å². The molecule has 1 aliphatic heterocycles. The van der Waals surface area contributed by atoms with Crippen LogP contribution >= 0.6 is 24.0 Å². The molecule has 0 radical (unpaired) electrons. The van der Waals surface area contributed by atoms with Gasteiger partial charge in [0.15, 0.2) is 17.6 Å². The Morgan fingerprint density at radius 2 is 1.97 bits per heavy atom. The number of carbonyl (C=O) groups is 1. The summed E-state index contributed by atoms with van der Waals surface area (Å²) < 4.78 is 27.6. The topological polar surface area (TPSA) is 81.6 Å². The SMILES string of the molecule is CCNC(=NCCNC(=O)c1ccccc1F)NC1CCN(c2ncccc2F)C1.I. The van der Waals surface area contributed by atoms with Crippen LogP contribution in [0.15, 0.2) is 47.6 Å². The molecule has 1 amide bonds. The Morgan fingerprint density at radius 1 is 1.19 bits per heavy atom. The molecule has 1 atom stereocenters. The standard InChI is InChI=1S/C21H26F2N6O.HI/c1-2-24-21(27-12-11-26-20(30)16-6-3-4-7-17(16)22)28-15-9-13-29(14-15)19-18(23)8-5-10-25-19;/h3-8,10,15H,2,9,11-14H2,1H3,(H,26,30)(H2,24,27,28);1H. The van der Waals surface area contributed by atoms with Gasteiger partial charge in [-0.05, 0) is 37.6 Å². The van der Waals surface area contributed by atoms with E-state index in [1.807, 2.05) is 11.8 Å². The molecule has 1 aromatic carbocycles. The third kappa shape index (κ3) is 7.01. The molecule has 31 heavy (non-hydrogen) atoms. The van der Waals surface area contributed by atoms with Gasteiger partial charge in [-0.15, -0.1) is 24.0 Å². The van der Waals surface area contributed by atoms with E-state index in [0.717, 1.165) is 6.42 Å². The van der Waals surface area contributed by atoms with Gasteiger partial charge in [0.1, 0.15) is 5.82 Å². The van der Waals surface area contributed by atoms with Crippen molar-refractivity contribution in [1.82, 2.24) is 20.9 Å². The molecule has 0 saturated carbocycles. The van der Waals surface area contributed by atoms with E-state index in [9.17, 15) is 13.6 Å². The van der Waals surface area contributed by atoms with E-state index < -0.39 is 11.7 Å². The van der Waals surface area contributed by atoms with Gasteiger partial charge < -0.3 is 20.9 Å². The van der Waals surface area contributed by atoms with Crippen molar-refractivity contribution in [3.63, 3.8) is 0 Å². The largest absolute Gasteiger partial charge is 0.357 e. The number of pyridine rings is 1. The second kappa shape index (κ2) is 12.4. The highest BCUT2D eigenvalue weighted by Gasteiger charge is 2.25. The van der Waals surface area contributed by atoms with Gasteiger partial charge in [-0.1, -0.05) is 12.1 Å². The van der Waals surface area contributed by atoms with E-state index >= 15 is 0 Å². The molecule has 1 unspecified atom stereocenters. The Labute approximate surface area is 197 Å². The number of amides is 1. The van der Waals surface area contributed by atoms with Crippen LogP contribution < -0.4 is 20.9 Å². The van der Waals surface area contributed by atoms with Gasteiger partial charge in [-0.2, -0.15) is 0 Å². The van der Waals surface area contributed by atoms with Gasteiger partial charge in [0, 0.05) is 38.4 Å². The maximum atomic E-state index is 14.0. The van der Waals surface area contributed by atoms with Crippen LogP contribution in [0.1, 0.15) is 23.7 Å². The molecule has 1 aromatic heterocycles. The monoisotopic (exact) mass is 544 g/mol. The first-order chi connectivity index (χ1) is 14.6. The van der Waals surface area contributed by atoms with Crippen molar-refractivity contribution in [3.05, 3.63) is 59.8 Å². The fraction of sp³-hybridized carbons (Fsp3) is 0.381. The van der Waals surface area contributed by atoms with Gasteiger partial charge in [0.05, 0.1) is 12.1 Å². The second-order valence-electron chi connectivity index (χ2n) is 6.88. The number of aliphatic imine (C=N–C) groups is 1. The van der Waals surface area contributed by atoms with Crippen molar-refractivity contribution in [1.29, 1.82) is 0 Å². The smallest absolute Gasteiger partial charge is 0.254 e. The number of carbonyl (C=O) groups excluding carboxylic acids is 1. The first kappa shape index (κ1) is 24.8. The number of hydrogen-bond acceptors (Lipinski definition) is 4. The lowest BCUT2D eigenvalue weighted by molar-refractivity contribution is 0.0951. The molecule has 168 valence electrons. The molecule has 2 heterocycles. The van der Waals surface area contributed by atoms with E-state index in [1.54, 1.807) is 18.3 Å². The molecule has 10 heteroatoms. The first-order valence-electron chi connectivity index (χ1n) is 10.0. The maximum absolute atomic E-state index is 14.0. The fourth-order valence-corrected chi connectivity index (χ4v) is 3.27. The minimum absolute atomic E-state index is 0. The summed E-state index contributed by atoms with van der Waals surface area (Å²) in [5.41, 5.74) is 0.0133. The number of rotatable bonds is 7. The molecule has 3 N–H and O–H groups in total. The summed E-state index contributed by atoms with van der Waals surface area (Å²) in [6.45, 7) is 4.56. The molecule has 1 saturated heterocycles. The number of aromatic nitrogens is 1. The second-order valence-corrected chi connectivity index (χ2v) is 6.88. The predicted octanol–water partition coefficient (Wildman–Crippen LogP) is 2.54. The highest BCUT2D eigenvalue weighted by Crippen LogP contribution is 2.20. The van der Waals surface area contributed by atoms with Crippen LogP contribution in [0.25, 0.3) is 0 Å². The van der Waals surface area contributed by atoms with Gasteiger partial charge >= 0.3 is 0 Å². The molecular formula is C21H27F2IN6O. The molecule has 1 fully saturated rings. The zero-order valence-electron chi connectivity index (χ0n) is 17.3. The first-order valence-corrected chi connectivity index (χ1v) is 10.0. The van der Waals surface area contributed by atoms with E-state index in [4.69, 9.17) is 0 Å². The number of anilines is 1. The van der Waals surface area contributed by atoms with Crippen LogP contribution in [0.5, 0.6) is 0 Å². The lowest BCUT2D eigenvalue weighted by Crippen LogP contribution is -2.45. The summed E-state index contributed by atoms with van der Waals surface area (Å²) in [6, 6.07) is 8.92. The maximum Gasteiger partial charge on any atom is 0.254 e. The highest BCUT2D eigenvalue weighted by molar-refractivity contribution is 14.0. The molecule has 0 bridgehead atoms. The molecule has 1 aliphatic rings. The van der Waals surface area contributed by atoms with Crippen molar-refractivity contribution in [2.24, 2.45) is 4.99 Å². The summed E-state index contributed by atoms with van der Waals surface area (Å²) in [7, 11) is 0. The van der Waals surface area contributed by atoms with Crippen LogP contribution in [0.4, 0.5) is 14.6 Å². The Morgan fingerprint density at radius 3 is 2.71 bits per heavy atom. The quantitative estimate of drug-likeness (QED) is 0.216. The Bertz CT molecular complexity index is 898. The lowest BCUT2D eigenvalue weighted by Gasteiger charge is -2.20. The van der Waals surface area contributed by atoms with E-state index in [0.29, 0.717) is 38.0 Å². The summed E-state index contributed by atoms with van der Waals surface area (Å²) in [5.74, 6) is -0.372. The number of hydrogen-bond donors (Lipinski definition) is 3. The van der Waals surface area contributed by atoms with Crippen molar-refractivity contribution in [2.75, 3.05) is 37.6 Å². The van der Waals surface area contributed by atoms with Crippen LogP contribution in [-0.2, 0) is 0 Å². The van der Waals surface area contributed by atoms with Crippen molar-refractivity contribution < 1.29 is 13.6 Å². The average Bonchev–Trinajstić information content (AvgIpc) is 3.20. The fourth-order valence-electron chi connectivity index (χ4n) is 3.27. The average molecular weight is 544 g/mol. The summed E-state index contributed by atoms with van der Waals surface area (Å²) in [4.78, 5) is 22.5.